The minimum Gasteiger partial charge on any atom is -0.491 e. The molecule has 0 bridgehead atoms. The Kier molecular flexibility index (Phi) is 14.6. The fourth-order valence-corrected chi connectivity index (χ4v) is 13.0. The average molecular weight is 1120 g/mol. The average Bonchev–Trinajstić information content (AvgIpc) is 2.54. The van der Waals surface area contributed by atoms with Gasteiger partial charge in [0.05, 0.1) is 51.6 Å². The summed E-state index contributed by atoms with van der Waals surface area (Å²) in [4.78, 5) is 0. The quantitative estimate of drug-likeness (QED) is 0.0702. The maximum Gasteiger partial charge on any atom is 0.119 e. The minimum atomic E-state index is -0.865. The number of aromatic nitrogens is 4. The van der Waals surface area contributed by atoms with Crippen molar-refractivity contribution in [3.8, 4) is 11.5 Å². The molecule has 0 spiro atoms. The third kappa shape index (κ3) is 10.5. The molecule has 0 aliphatic rings. The van der Waals surface area contributed by atoms with Crippen LogP contribution in [0.5, 0.6) is 11.5 Å². The van der Waals surface area contributed by atoms with Crippen molar-refractivity contribution in [1.82, 2.24) is 18.3 Å². The minimum absolute atomic E-state index is 0.0778. The molecule has 4 aromatic heterocycles. The van der Waals surface area contributed by atoms with Crippen molar-refractivity contribution in [1.29, 1.82) is 0 Å². The van der Waals surface area contributed by atoms with E-state index in [0.29, 0.717) is 37.7 Å². The highest BCUT2D eigenvalue weighted by Crippen LogP contribution is 2.37. The highest BCUT2D eigenvalue weighted by Gasteiger charge is 2.26. The molecule has 4 heterocycles. The maximum atomic E-state index is 11.5. The van der Waals surface area contributed by atoms with Gasteiger partial charge in [-0.05, 0) is 83.9 Å². The Morgan fingerprint density at radius 1 is 0.294 bits per heavy atom. The molecule has 0 radical (unpaired) electrons. The van der Waals surface area contributed by atoms with Crippen LogP contribution < -0.4 is 9.47 Å². The summed E-state index contributed by atoms with van der Waals surface area (Å²) in [5, 5.41) is 32.6. The van der Waals surface area contributed by atoms with E-state index in [2.05, 4.69) is 251 Å². The van der Waals surface area contributed by atoms with Gasteiger partial charge >= 0.3 is 0 Å². The van der Waals surface area contributed by atoms with E-state index in [9.17, 15) is 10.2 Å². The first-order chi connectivity index (χ1) is 41.7. The first kappa shape index (κ1) is 53.8. The van der Waals surface area contributed by atoms with E-state index in [1.165, 1.54) is 43.1 Å². The molecular formula is C75H68N4O6. The van der Waals surface area contributed by atoms with E-state index >= 15 is 0 Å². The number of nitrogens with zero attached hydrogens (tertiary/aromatic N) is 4. The van der Waals surface area contributed by atoms with Crippen molar-refractivity contribution in [3.63, 3.8) is 0 Å². The predicted octanol–water partition coefficient (Wildman–Crippen LogP) is 15.5. The molecule has 2 unspecified atom stereocenters. The summed E-state index contributed by atoms with van der Waals surface area (Å²) in [7, 11) is 0. The fourth-order valence-electron chi connectivity index (χ4n) is 13.0. The molecule has 0 saturated carbocycles. The Bertz CT molecular complexity index is 3930. The Hall–Kier alpha value is -9.16. The number of hydrogen-bond acceptors (Lipinski definition) is 6. The van der Waals surface area contributed by atoms with Crippen LogP contribution in [0.4, 0.5) is 0 Å². The van der Waals surface area contributed by atoms with Crippen LogP contribution in [0.1, 0.15) is 25.0 Å². The van der Waals surface area contributed by atoms with Gasteiger partial charge in [0.1, 0.15) is 36.9 Å². The van der Waals surface area contributed by atoms with E-state index in [4.69, 9.17) is 18.9 Å². The van der Waals surface area contributed by atoms with Gasteiger partial charge in [0, 0.05) is 92.6 Å². The Balaban J connectivity index is 0.614. The molecular weight excluding hydrogens is 1050 g/mol. The van der Waals surface area contributed by atoms with Gasteiger partial charge in [-0.3, -0.25) is 0 Å². The number of rotatable bonds is 22. The van der Waals surface area contributed by atoms with Crippen LogP contribution in [0, 0.1) is 0 Å². The number of para-hydroxylation sites is 8. The molecule has 424 valence electrons. The second-order valence-corrected chi connectivity index (χ2v) is 23.1. The van der Waals surface area contributed by atoms with Gasteiger partial charge in [0.25, 0.3) is 0 Å². The van der Waals surface area contributed by atoms with Gasteiger partial charge in [-0.2, -0.15) is 0 Å². The van der Waals surface area contributed by atoms with Crippen molar-refractivity contribution in [2.75, 3.05) is 26.4 Å². The van der Waals surface area contributed by atoms with E-state index in [1.54, 1.807) is 0 Å². The predicted molar refractivity (Wildman–Crippen MR) is 345 cm³/mol. The van der Waals surface area contributed by atoms with Crippen molar-refractivity contribution in [2.24, 2.45) is 0 Å². The molecule has 0 amide bonds. The summed E-state index contributed by atoms with van der Waals surface area (Å²) in [5.74, 6) is 1.34. The second kappa shape index (κ2) is 23.1. The van der Waals surface area contributed by atoms with Gasteiger partial charge in [-0.1, -0.05) is 184 Å². The maximum absolute atomic E-state index is 11.5. The van der Waals surface area contributed by atoms with E-state index in [0.717, 1.165) is 55.3 Å². The van der Waals surface area contributed by atoms with E-state index < -0.39 is 12.2 Å². The summed E-state index contributed by atoms with van der Waals surface area (Å²) in [6.07, 6.45) is -2.30. The zero-order valence-electron chi connectivity index (χ0n) is 47.9. The molecule has 14 rings (SSSR count). The van der Waals surface area contributed by atoms with Crippen LogP contribution in [-0.2, 0) is 41.1 Å². The number of ether oxygens (including phenoxy) is 4. The third-order valence-corrected chi connectivity index (χ3v) is 17.3. The highest BCUT2D eigenvalue weighted by atomic mass is 16.5. The summed E-state index contributed by atoms with van der Waals surface area (Å²) in [6, 6.07) is 84.6. The molecule has 10 aromatic carbocycles. The summed E-state index contributed by atoms with van der Waals surface area (Å²) < 4.78 is 35.5. The zero-order valence-corrected chi connectivity index (χ0v) is 47.9. The number of aliphatic hydroxyl groups is 2. The number of aliphatic hydroxyl groups excluding tert-OH is 2. The lowest BCUT2D eigenvalue weighted by Gasteiger charge is -2.27. The fraction of sp³-hybridized carbons (Fsp3) is 0.200. The van der Waals surface area contributed by atoms with Crippen LogP contribution in [0.25, 0.3) is 87.2 Å². The zero-order chi connectivity index (χ0) is 57.4. The van der Waals surface area contributed by atoms with Crippen LogP contribution in [0.2, 0.25) is 0 Å². The molecule has 0 fully saturated rings. The lowest BCUT2D eigenvalue weighted by molar-refractivity contribution is -0.0344. The summed E-state index contributed by atoms with van der Waals surface area (Å²) in [6.45, 7) is 7.12. The van der Waals surface area contributed by atoms with Gasteiger partial charge in [-0.25, -0.2) is 0 Å². The lowest BCUT2D eigenvalue weighted by Crippen LogP contribution is -2.31. The monoisotopic (exact) mass is 1120 g/mol. The van der Waals surface area contributed by atoms with Crippen molar-refractivity contribution >= 4 is 87.2 Å². The van der Waals surface area contributed by atoms with Crippen molar-refractivity contribution in [3.05, 3.63) is 254 Å². The van der Waals surface area contributed by atoms with Crippen LogP contribution in [0.15, 0.2) is 243 Å². The SMILES string of the molecule is CC(C)(c1ccc(OCC(O)COC(Cn2c3ccccc3c3ccccc32)Cn2c3ccccc3c3ccccc32)cc1)c1ccc(OCC(O)COC(Cn2c3ccccc3c3ccccc32)Cn2c3ccccc3c3ccccc32)cc1. The van der Waals surface area contributed by atoms with Gasteiger partial charge in [-0.15, -0.1) is 0 Å². The highest BCUT2D eigenvalue weighted by molar-refractivity contribution is 6.10. The van der Waals surface area contributed by atoms with Crippen LogP contribution in [-0.4, -0.2) is 79.3 Å². The Morgan fingerprint density at radius 2 is 0.506 bits per heavy atom. The second-order valence-electron chi connectivity index (χ2n) is 23.1. The molecule has 10 nitrogen and oxygen atoms in total. The normalized spacial score (nSPS) is 13.1. The number of hydrogen-bond donors (Lipinski definition) is 2. The smallest absolute Gasteiger partial charge is 0.119 e. The molecule has 0 aliphatic carbocycles. The lowest BCUT2D eigenvalue weighted by atomic mass is 9.78. The topological polar surface area (TPSA) is 97.1 Å². The van der Waals surface area contributed by atoms with Gasteiger partial charge in [0.2, 0.25) is 0 Å². The van der Waals surface area contributed by atoms with Gasteiger partial charge < -0.3 is 47.4 Å². The largest absolute Gasteiger partial charge is 0.491 e. The summed E-state index contributed by atoms with van der Waals surface area (Å²) >= 11 is 0. The molecule has 0 saturated heterocycles. The van der Waals surface area contributed by atoms with E-state index in [1.807, 2.05) is 24.3 Å². The Labute approximate surface area is 493 Å². The van der Waals surface area contributed by atoms with Crippen molar-refractivity contribution in [2.45, 2.75) is 69.9 Å². The molecule has 2 atom stereocenters. The summed E-state index contributed by atoms with van der Waals surface area (Å²) in [5.41, 5.74) is 11.1. The third-order valence-electron chi connectivity index (χ3n) is 17.3. The first-order valence-electron chi connectivity index (χ1n) is 29.6. The molecule has 85 heavy (non-hydrogen) atoms. The van der Waals surface area contributed by atoms with Crippen LogP contribution in [0.3, 0.4) is 0 Å². The van der Waals surface area contributed by atoms with Crippen molar-refractivity contribution < 1.29 is 29.2 Å². The Morgan fingerprint density at radius 3 is 0.729 bits per heavy atom. The van der Waals surface area contributed by atoms with Gasteiger partial charge in [0.15, 0.2) is 0 Å². The molecule has 14 aromatic rings. The van der Waals surface area contributed by atoms with E-state index in [-0.39, 0.29) is 44.1 Å². The molecule has 0 aliphatic heterocycles. The number of fused-ring (bicyclic) bond motifs is 12. The number of benzene rings is 10. The van der Waals surface area contributed by atoms with Crippen LogP contribution >= 0.6 is 0 Å². The first-order valence-corrected chi connectivity index (χ1v) is 29.6. The molecule has 2 N–H and O–H groups in total. The standard InChI is InChI=1S/C75H68N4O6/c1-75(2,51-35-39-55(40-36-51)82-47-53(80)49-84-57(43-76-67-27-11-3-19-59(67)60-20-4-12-28-68(60)76)44-77-69-29-13-5-21-61(69)62-22-6-14-30-70(62)77)52-37-41-56(42-38-52)83-48-54(81)50-85-58(45-78-71-31-15-7-23-63(71)64-24-8-16-32-72(64)78)46-79-73-33-17-9-25-65(73)66-26-10-18-34-74(66)79/h3-42,53-54,57-58,80-81H,43-50H2,1-2H3. The molecule has 10 heteroatoms.